The van der Waals surface area contributed by atoms with Crippen LogP contribution in [0.15, 0.2) is 29.4 Å². The quantitative estimate of drug-likeness (QED) is 0.706. The lowest BCUT2D eigenvalue weighted by atomic mass is 9.79. The van der Waals surface area contributed by atoms with Gasteiger partial charge in [-0.05, 0) is 19.1 Å². The highest BCUT2D eigenvalue weighted by atomic mass is 19.4. The molecule has 0 fully saturated rings. The number of aliphatic hydroxyl groups is 1. The molecule has 11 heteroatoms. The third-order valence-electron chi connectivity index (χ3n) is 4.76. The molecule has 4 nitrogen and oxygen atoms in total. The Kier molecular flexibility index (Phi) is 5.32. The number of carbonyl (C=O) groups is 1. The summed E-state index contributed by atoms with van der Waals surface area (Å²) < 4.78 is 93.0. The predicted octanol–water partition coefficient (Wildman–Crippen LogP) is 4.76. The van der Waals surface area contributed by atoms with Crippen LogP contribution in [0.4, 0.5) is 30.7 Å². The first kappa shape index (κ1) is 23.1. The first-order chi connectivity index (χ1) is 12.9. The van der Waals surface area contributed by atoms with Gasteiger partial charge in [-0.1, -0.05) is 38.5 Å². The van der Waals surface area contributed by atoms with Crippen LogP contribution in [0.5, 0.6) is 0 Å². The van der Waals surface area contributed by atoms with Crippen LogP contribution in [0.1, 0.15) is 43.1 Å². The Balaban J connectivity index is 2.61. The van der Waals surface area contributed by atoms with E-state index in [1.54, 1.807) is 13.0 Å². The zero-order valence-corrected chi connectivity index (χ0v) is 15.9. The van der Waals surface area contributed by atoms with E-state index in [0.717, 1.165) is 0 Å². The zero-order chi connectivity index (χ0) is 22.6. The molecule has 0 radical (unpaired) electrons. The molecule has 1 aromatic carbocycles. The van der Waals surface area contributed by atoms with Crippen molar-refractivity contribution in [1.82, 2.24) is 5.01 Å². The van der Waals surface area contributed by atoms with Crippen molar-refractivity contribution < 1.29 is 40.6 Å². The van der Waals surface area contributed by atoms with E-state index < -0.39 is 47.2 Å². The van der Waals surface area contributed by atoms with Crippen LogP contribution >= 0.6 is 0 Å². The van der Waals surface area contributed by atoms with Gasteiger partial charge < -0.3 is 5.11 Å². The van der Waals surface area contributed by atoms with E-state index in [0.29, 0.717) is 5.56 Å². The van der Waals surface area contributed by atoms with E-state index in [2.05, 4.69) is 5.10 Å². The standard InChI is InChI=1S/C18H19F7N2O2/c1-10-6-5-7-11(8-10)13(28)27-15(29,14(2,3)4)9-12(26-27)16(19,20)17(21,22)18(23,24)25/h5-8,29H,9H2,1-4H3/t15-/m1/s1. The van der Waals surface area contributed by atoms with Gasteiger partial charge >= 0.3 is 18.0 Å². The monoisotopic (exact) mass is 428 g/mol. The molecule has 0 unspecified atom stereocenters. The molecule has 1 aliphatic heterocycles. The van der Waals surface area contributed by atoms with Gasteiger partial charge in [0.2, 0.25) is 0 Å². The number of rotatable bonds is 3. The molecule has 1 N–H and O–H groups in total. The van der Waals surface area contributed by atoms with Gasteiger partial charge in [0.05, 0.1) is 0 Å². The summed E-state index contributed by atoms with van der Waals surface area (Å²) in [6.45, 7) is 5.54. The molecule has 0 aliphatic carbocycles. The highest BCUT2D eigenvalue weighted by Crippen LogP contribution is 2.51. The molecule has 1 amide bonds. The molecule has 0 spiro atoms. The highest BCUT2D eigenvalue weighted by Gasteiger charge is 2.76. The number of carbonyl (C=O) groups excluding carboxylic acids is 1. The molecular weight excluding hydrogens is 409 g/mol. The molecule has 162 valence electrons. The highest BCUT2D eigenvalue weighted by molar-refractivity contribution is 6.00. The van der Waals surface area contributed by atoms with Gasteiger partial charge in [0.25, 0.3) is 5.91 Å². The molecule has 1 aliphatic rings. The van der Waals surface area contributed by atoms with Gasteiger partial charge in [0, 0.05) is 17.4 Å². The van der Waals surface area contributed by atoms with E-state index in [1.165, 1.54) is 39.0 Å². The number of aryl methyl sites for hydroxylation is 1. The van der Waals surface area contributed by atoms with Crippen LogP contribution in [-0.4, -0.2) is 45.5 Å². The molecule has 0 bridgehead atoms. The molecule has 1 heterocycles. The number of hydrazone groups is 1. The lowest BCUT2D eigenvalue weighted by Gasteiger charge is -2.41. The van der Waals surface area contributed by atoms with E-state index >= 15 is 0 Å². The van der Waals surface area contributed by atoms with Crippen LogP contribution in [0, 0.1) is 12.3 Å². The van der Waals surface area contributed by atoms with Crippen LogP contribution < -0.4 is 0 Å². The van der Waals surface area contributed by atoms with Crippen molar-refractivity contribution in [3.05, 3.63) is 35.4 Å². The summed E-state index contributed by atoms with van der Waals surface area (Å²) in [4.78, 5) is 12.8. The summed E-state index contributed by atoms with van der Waals surface area (Å²) in [5.74, 6) is -13.3. The number of alkyl halides is 7. The summed E-state index contributed by atoms with van der Waals surface area (Å²) in [5.41, 5.74) is -5.43. The number of hydrogen-bond acceptors (Lipinski definition) is 3. The van der Waals surface area contributed by atoms with Gasteiger partial charge in [-0.25, -0.2) is 0 Å². The lowest BCUT2D eigenvalue weighted by molar-refractivity contribution is -0.336. The van der Waals surface area contributed by atoms with Gasteiger partial charge in [0.15, 0.2) is 5.72 Å². The third-order valence-corrected chi connectivity index (χ3v) is 4.76. The van der Waals surface area contributed by atoms with Crippen molar-refractivity contribution in [2.45, 2.75) is 57.9 Å². The summed E-state index contributed by atoms with van der Waals surface area (Å²) >= 11 is 0. The zero-order valence-electron chi connectivity index (χ0n) is 15.9. The molecule has 0 saturated heterocycles. The lowest BCUT2D eigenvalue weighted by Crippen LogP contribution is -2.58. The van der Waals surface area contributed by atoms with Crippen LogP contribution in [0.3, 0.4) is 0 Å². The largest absolute Gasteiger partial charge is 0.460 e. The van der Waals surface area contributed by atoms with Crippen LogP contribution in [-0.2, 0) is 0 Å². The minimum absolute atomic E-state index is 0.108. The van der Waals surface area contributed by atoms with Gasteiger partial charge in [-0.2, -0.15) is 40.8 Å². The predicted molar refractivity (Wildman–Crippen MR) is 89.8 cm³/mol. The number of benzene rings is 1. The normalized spacial score (nSPS) is 21.4. The molecule has 2 rings (SSSR count). The average molecular weight is 428 g/mol. The number of nitrogens with zero attached hydrogens (tertiary/aromatic N) is 2. The maximum Gasteiger partial charge on any atom is 0.460 e. The summed E-state index contributed by atoms with van der Waals surface area (Å²) in [7, 11) is 0. The van der Waals surface area contributed by atoms with Gasteiger partial charge in [0.1, 0.15) is 5.71 Å². The van der Waals surface area contributed by atoms with Gasteiger partial charge in [-0.15, -0.1) is 0 Å². The molecular formula is C18H19F7N2O2. The summed E-state index contributed by atoms with van der Waals surface area (Å²) in [5, 5.41) is 14.2. The molecule has 29 heavy (non-hydrogen) atoms. The smallest absolute Gasteiger partial charge is 0.368 e. The number of amides is 1. The molecule has 1 atom stereocenters. The Morgan fingerprint density at radius 3 is 2.10 bits per heavy atom. The van der Waals surface area contributed by atoms with Crippen molar-refractivity contribution in [3.63, 3.8) is 0 Å². The summed E-state index contributed by atoms with van der Waals surface area (Å²) in [6, 6.07) is 5.67. The number of halogens is 7. The second kappa shape index (κ2) is 6.68. The van der Waals surface area contributed by atoms with Crippen molar-refractivity contribution >= 4 is 11.6 Å². The average Bonchev–Trinajstić information content (AvgIpc) is 2.92. The Hall–Kier alpha value is -2.17. The molecule has 0 aromatic heterocycles. The third kappa shape index (κ3) is 3.60. The van der Waals surface area contributed by atoms with E-state index in [9.17, 15) is 40.6 Å². The SMILES string of the molecule is Cc1cccc(C(=O)N2N=C(C(F)(F)C(F)(F)C(F)(F)F)C[C@@]2(O)C(C)(C)C)c1. The van der Waals surface area contributed by atoms with Crippen molar-refractivity contribution in [1.29, 1.82) is 0 Å². The maximum atomic E-state index is 14.2. The van der Waals surface area contributed by atoms with E-state index in [-0.39, 0.29) is 10.6 Å². The van der Waals surface area contributed by atoms with Crippen molar-refractivity contribution in [2.75, 3.05) is 0 Å². The molecule has 1 aromatic rings. The Morgan fingerprint density at radius 2 is 1.66 bits per heavy atom. The number of hydrogen-bond donors (Lipinski definition) is 1. The Morgan fingerprint density at radius 1 is 1.10 bits per heavy atom. The fraction of sp³-hybridized carbons (Fsp3) is 0.556. The topological polar surface area (TPSA) is 52.9 Å². The van der Waals surface area contributed by atoms with E-state index in [4.69, 9.17) is 0 Å². The van der Waals surface area contributed by atoms with E-state index in [1.807, 2.05) is 0 Å². The summed E-state index contributed by atoms with van der Waals surface area (Å²) in [6.07, 6.45) is -7.94. The second-order valence-corrected chi connectivity index (χ2v) is 7.92. The second-order valence-electron chi connectivity index (χ2n) is 7.92. The maximum absolute atomic E-state index is 14.2. The first-order valence-electron chi connectivity index (χ1n) is 8.40. The minimum atomic E-state index is -6.56. The Labute approximate surface area is 162 Å². The fourth-order valence-electron chi connectivity index (χ4n) is 2.78. The minimum Gasteiger partial charge on any atom is -0.368 e. The van der Waals surface area contributed by atoms with Crippen molar-refractivity contribution in [2.24, 2.45) is 10.5 Å². The van der Waals surface area contributed by atoms with Crippen LogP contribution in [0.2, 0.25) is 0 Å². The fourth-order valence-corrected chi connectivity index (χ4v) is 2.78. The van der Waals surface area contributed by atoms with Crippen LogP contribution in [0.25, 0.3) is 0 Å². The Bertz CT molecular complexity index is 843. The first-order valence-corrected chi connectivity index (χ1v) is 8.40. The van der Waals surface area contributed by atoms with Crippen molar-refractivity contribution in [3.8, 4) is 0 Å². The van der Waals surface area contributed by atoms with Gasteiger partial charge in [-0.3, -0.25) is 4.79 Å². The molecule has 0 saturated carbocycles.